The summed E-state index contributed by atoms with van der Waals surface area (Å²) in [6.45, 7) is 5.00. The SMILES string of the molecule is CC(C)c1nc(C(=O)N2CCCC(CCC(=O)O)C2)nn1-c1cccc(F)c1. The number of carboxylic acids is 1. The number of amides is 1. The van der Waals surface area contributed by atoms with E-state index in [2.05, 4.69) is 10.1 Å². The topological polar surface area (TPSA) is 88.3 Å². The second-order valence-electron chi connectivity index (χ2n) is 7.53. The zero-order valence-electron chi connectivity index (χ0n) is 16.1. The minimum atomic E-state index is -0.819. The van der Waals surface area contributed by atoms with Gasteiger partial charge in [-0.15, -0.1) is 5.10 Å². The maximum Gasteiger partial charge on any atom is 0.303 e. The predicted octanol–water partition coefficient (Wildman–Crippen LogP) is 3.25. The molecule has 0 spiro atoms. The van der Waals surface area contributed by atoms with Crippen LogP contribution in [-0.2, 0) is 4.79 Å². The Kier molecular flexibility index (Phi) is 6.06. The van der Waals surface area contributed by atoms with Crippen molar-refractivity contribution in [2.75, 3.05) is 13.1 Å². The van der Waals surface area contributed by atoms with Crippen molar-refractivity contribution in [3.63, 3.8) is 0 Å². The molecule has 0 radical (unpaired) electrons. The van der Waals surface area contributed by atoms with E-state index in [0.717, 1.165) is 12.8 Å². The zero-order valence-corrected chi connectivity index (χ0v) is 16.1. The molecule has 150 valence electrons. The molecule has 1 amide bonds. The lowest BCUT2D eigenvalue weighted by Crippen LogP contribution is -2.40. The van der Waals surface area contributed by atoms with E-state index in [9.17, 15) is 14.0 Å². The molecule has 1 aliphatic heterocycles. The van der Waals surface area contributed by atoms with E-state index in [0.29, 0.717) is 31.0 Å². The third-order valence-corrected chi connectivity index (χ3v) is 4.97. The minimum Gasteiger partial charge on any atom is -0.481 e. The van der Waals surface area contributed by atoms with Crippen LogP contribution in [0, 0.1) is 11.7 Å². The van der Waals surface area contributed by atoms with Gasteiger partial charge in [-0.25, -0.2) is 14.1 Å². The molecule has 1 aliphatic rings. The highest BCUT2D eigenvalue weighted by Crippen LogP contribution is 2.23. The van der Waals surface area contributed by atoms with Gasteiger partial charge in [-0.05, 0) is 43.4 Å². The van der Waals surface area contributed by atoms with Crippen molar-refractivity contribution >= 4 is 11.9 Å². The van der Waals surface area contributed by atoms with Crippen LogP contribution in [0.4, 0.5) is 4.39 Å². The number of rotatable bonds is 6. The summed E-state index contributed by atoms with van der Waals surface area (Å²) in [5, 5.41) is 13.3. The van der Waals surface area contributed by atoms with E-state index < -0.39 is 5.97 Å². The number of hydrogen-bond donors (Lipinski definition) is 1. The van der Waals surface area contributed by atoms with Gasteiger partial charge in [0.1, 0.15) is 11.6 Å². The van der Waals surface area contributed by atoms with E-state index in [4.69, 9.17) is 5.11 Å². The van der Waals surface area contributed by atoms with Gasteiger partial charge in [-0.3, -0.25) is 9.59 Å². The Morgan fingerprint density at radius 3 is 2.82 bits per heavy atom. The first-order valence-electron chi connectivity index (χ1n) is 9.59. The quantitative estimate of drug-likeness (QED) is 0.821. The van der Waals surface area contributed by atoms with Gasteiger partial charge >= 0.3 is 5.97 Å². The van der Waals surface area contributed by atoms with Crippen LogP contribution in [-0.4, -0.2) is 49.7 Å². The van der Waals surface area contributed by atoms with Crippen LogP contribution < -0.4 is 0 Å². The molecule has 1 aromatic carbocycles. The summed E-state index contributed by atoms with van der Waals surface area (Å²) in [6.07, 6.45) is 2.41. The smallest absolute Gasteiger partial charge is 0.303 e. The Morgan fingerprint density at radius 1 is 1.36 bits per heavy atom. The summed E-state index contributed by atoms with van der Waals surface area (Å²) < 4.78 is 15.2. The number of likely N-dealkylation sites (tertiary alicyclic amines) is 1. The average molecular weight is 388 g/mol. The third-order valence-electron chi connectivity index (χ3n) is 4.97. The Balaban J connectivity index is 1.82. The number of hydrogen-bond acceptors (Lipinski definition) is 4. The number of benzene rings is 1. The Bertz CT molecular complexity index is 865. The van der Waals surface area contributed by atoms with Crippen LogP contribution in [0.25, 0.3) is 5.69 Å². The monoisotopic (exact) mass is 388 g/mol. The predicted molar refractivity (Wildman–Crippen MR) is 101 cm³/mol. The first-order valence-corrected chi connectivity index (χ1v) is 9.59. The maximum atomic E-state index is 13.6. The normalized spacial score (nSPS) is 17.1. The average Bonchev–Trinajstić information content (AvgIpc) is 3.12. The molecule has 1 saturated heterocycles. The van der Waals surface area contributed by atoms with Crippen molar-refractivity contribution in [2.24, 2.45) is 5.92 Å². The first-order chi connectivity index (χ1) is 13.3. The summed E-state index contributed by atoms with van der Waals surface area (Å²) in [7, 11) is 0. The number of aliphatic carboxylic acids is 1. The summed E-state index contributed by atoms with van der Waals surface area (Å²) in [5.74, 6) is -0.614. The molecule has 1 aromatic heterocycles. The molecule has 0 aliphatic carbocycles. The molecule has 7 nitrogen and oxygen atoms in total. The van der Waals surface area contributed by atoms with Gasteiger partial charge in [0, 0.05) is 25.4 Å². The Hall–Kier alpha value is -2.77. The molecule has 8 heteroatoms. The van der Waals surface area contributed by atoms with E-state index in [1.807, 2.05) is 13.8 Å². The highest BCUT2D eigenvalue weighted by molar-refractivity contribution is 5.90. The van der Waals surface area contributed by atoms with E-state index >= 15 is 0 Å². The van der Waals surface area contributed by atoms with E-state index in [1.165, 1.54) is 16.8 Å². The van der Waals surface area contributed by atoms with Gasteiger partial charge < -0.3 is 10.0 Å². The van der Waals surface area contributed by atoms with Gasteiger partial charge in [0.15, 0.2) is 0 Å². The Labute approximate surface area is 163 Å². The zero-order chi connectivity index (χ0) is 20.3. The standard InChI is InChI=1S/C20H25FN4O3/c1-13(2)19-22-18(23-25(19)16-7-3-6-15(21)11-16)20(28)24-10-4-5-14(12-24)8-9-17(26)27/h3,6-7,11,13-14H,4-5,8-10,12H2,1-2H3,(H,26,27). The molecule has 3 rings (SSSR count). The molecular formula is C20H25FN4O3. The molecule has 1 unspecified atom stereocenters. The molecule has 2 aromatic rings. The van der Waals surface area contributed by atoms with Gasteiger partial charge in [0.05, 0.1) is 5.69 Å². The summed E-state index contributed by atoms with van der Waals surface area (Å²) in [4.78, 5) is 29.9. The fourth-order valence-electron chi connectivity index (χ4n) is 3.54. The molecule has 1 fully saturated rings. The van der Waals surface area contributed by atoms with Crippen molar-refractivity contribution < 1.29 is 19.1 Å². The second kappa shape index (κ2) is 8.50. The minimum absolute atomic E-state index is 0.00184. The molecule has 28 heavy (non-hydrogen) atoms. The Morgan fingerprint density at radius 2 is 2.14 bits per heavy atom. The van der Waals surface area contributed by atoms with Crippen molar-refractivity contribution in [3.05, 3.63) is 41.7 Å². The lowest BCUT2D eigenvalue weighted by molar-refractivity contribution is -0.137. The van der Waals surface area contributed by atoms with Crippen LogP contribution in [0.5, 0.6) is 0 Å². The lowest BCUT2D eigenvalue weighted by atomic mass is 9.93. The van der Waals surface area contributed by atoms with Gasteiger partial charge in [0.25, 0.3) is 5.91 Å². The highest BCUT2D eigenvalue weighted by Gasteiger charge is 2.28. The van der Waals surface area contributed by atoms with Gasteiger partial charge in [0.2, 0.25) is 5.82 Å². The summed E-state index contributed by atoms with van der Waals surface area (Å²) in [5.41, 5.74) is 0.522. The molecule has 2 heterocycles. The lowest BCUT2D eigenvalue weighted by Gasteiger charge is -2.31. The van der Waals surface area contributed by atoms with Crippen LogP contribution in [0.2, 0.25) is 0 Å². The number of aromatic nitrogens is 3. The molecule has 0 saturated carbocycles. The highest BCUT2D eigenvalue weighted by atomic mass is 19.1. The maximum absolute atomic E-state index is 13.6. The van der Waals surface area contributed by atoms with E-state index in [1.54, 1.807) is 17.0 Å². The van der Waals surface area contributed by atoms with Crippen LogP contribution in [0.1, 0.15) is 61.9 Å². The van der Waals surface area contributed by atoms with Crippen molar-refractivity contribution in [3.8, 4) is 5.69 Å². The molecule has 0 bridgehead atoms. The number of carboxylic acid groups (broad SMARTS) is 1. The van der Waals surface area contributed by atoms with Crippen molar-refractivity contribution in [2.45, 2.75) is 45.4 Å². The van der Waals surface area contributed by atoms with Crippen molar-refractivity contribution in [1.29, 1.82) is 0 Å². The van der Waals surface area contributed by atoms with Gasteiger partial charge in [-0.1, -0.05) is 19.9 Å². The van der Waals surface area contributed by atoms with Crippen LogP contribution in [0.15, 0.2) is 24.3 Å². The third kappa shape index (κ3) is 4.55. The van der Waals surface area contributed by atoms with Crippen LogP contribution in [0.3, 0.4) is 0 Å². The largest absolute Gasteiger partial charge is 0.481 e. The van der Waals surface area contributed by atoms with E-state index in [-0.39, 0.29) is 35.8 Å². The first kappa shape index (κ1) is 20.0. The number of piperidine rings is 1. The number of carbonyl (C=O) groups excluding carboxylic acids is 1. The number of halogens is 1. The molecule has 1 N–H and O–H groups in total. The fourth-order valence-corrected chi connectivity index (χ4v) is 3.54. The van der Waals surface area contributed by atoms with Gasteiger partial charge in [-0.2, -0.15) is 0 Å². The number of nitrogens with zero attached hydrogens (tertiary/aromatic N) is 4. The molecular weight excluding hydrogens is 363 g/mol. The molecule has 1 atom stereocenters. The summed E-state index contributed by atoms with van der Waals surface area (Å²) >= 11 is 0. The van der Waals surface area contributed by atoms with Crippen molar-refractivity contribution in [1.82, 2.24) is 19.7 Å². The fraction of sp³-hybridized carbons (Fsp3) is 0.500. The summed E-state index contributed by atoms with van der Waals surface area (Å²) in [6, 6.07) is 6.03. The number of carbonyl (C=O) groups is 2. The van der Waals surface area contributed by atoms with Crippen LogP contribution >= 0.6 is 0 Å². The second-order valence-corrected chi connectivity index (χ2v) is 7.53.